The van der Waals surface area contributed by atoms with Crippen LogP contribution in [-0.4, -0.2) is 43.8 Å². The first-order chi connectivity index (χ1) is 25.2. The zero-order chi connectivity index (χ0) is 36.5. The molecule has 0 aliphatic heterocycles. The maximum Gasteiger partial charge on any atom is 0.264 e. The van der Waals surface area contributed by atoms with Gasteiger partial charge in [0.2, 0.25) is 11.8 Å². The van der Waals surface area contributed by atoms with Gasteiger partial charge >= 0.3 is 0 Å². The van der Waals surface area contributed by atoms with E-state index in [4.69, 9.17) is 4.74 Å². The highest BCUT2D eigenvalue weighted by Crippen LogP contribution is 2.29. The second kappa shape index (κ2) is 17.1. The lowest BCUT2D eigenvalue weighted by Gasteiger charge is -2.34. The molecule has 0 heterocycles. The van der Waals surface area contributed by atoms with Crippen LogP contribution in [-0.2, 0) is 32.6 Å². The summed E-state index contributed by atoms with van der Waals surface area (Å²) >= 11 is 3.49. The summed E-state index contributed by atoms with van der Waals surface area (Å²) in [6, 6.07) is 38.7. The molecule has 0 spiro atoms. The Bertz CT molecular complexity index is 2040. The summed E-state index contributed by atoms with van der Waals surface area (Å²) in [5.41, 5.74) is 2.88. The summed E-state index contributed by atoms with van der Waals surface area (Å²) in [5.74, 6) is 0.387. The third-order valence-electron chi connectivity index (χ3n) is 9.23. The monoisotopic (exact) mass is 779 g/mol. The van der Waals surface area contributed by atoms with E-state index in [0.717, 1.165) is 51.2 Å². The van der Waals surface area contributed by atoms with Gasteiger partial charge in [-0.15, -0.1) is 0 Å². The van der Waals surface area contributed by atoms with E-state index in [-0.39, 0.29) is 35.5 Å². The molecule has 0 bridgehead atoms. The molecule has 5 aromatic carbocycles. The van der Waals surface area contributed by atoms with Crippen LogP contribution in [0.1, 0.15) is 42.4 Å². The van der Waals surface area contributed by atoms with Crippen molar-refractivity contribution in [2.24, 2.45) is 0 Å². The van der Waals surface area contributed by atoms with Gasteiger partial charge in [-0.25, -0.2) is 8.42 Å². The summed E-state index contributed by atoms with van der Waals surface area (Å²) in [6.45, 7) is 1.45. The molecule has 10 heteroatoms. The molecule has 0 aromatic heterocycles. The van der Waals surface area contributed by atoms with Gasteiger partial charge in [0.15, 0.2) is 0 Å². The number of anilines is 1. The second-order valence-electron chi connectivity index (χ2n) is 13.1. The van der Waals surface area contributed by atoms with Crippen LogP contribution in [0.2, 0.25) is 0 Å². The first kappa shape index (κ1) is 36.8. The Hall–Kier alpha value is -4.93. The number of hydrogen-bond donors (Lipinski definition) is 1. The van der Waals surface area contributed by atoms with Crippen molar-refractivity contribution in [3.05, 3.63) is 155 Å². The smallest absolute Gasteiger partial charge is 0.264 e. The number of aryl methyl sites for hydroxylation is 1. The van der Waals surface area contributed by atoms with Crippen LogP contribution in [0.3, 0.4) is 0 Å². The second-order valence-corrected chi connectivity index (χ2v) is 15.9. The number of rotatable bonds is 14. The Morgan fingerprint density at radius 3 is 2.00 bits per heavy atom. The SMILES string of the molecule is Cc1ccc(S(=O)(=O)N(CC(=O)N(Cc2ccc(Br)cc2)[C@@H](Cc2ccccc2)C(=O)NC2CCCC2)c2ccc(Oc3ccccc3)cc2)cc1. The molecule has 0 radical (unpaired) electrons. The number of halogens is 1. The van der Waals surface area contributed by atoms with E-state index in [2.05, 4.69) is 21.2 Å². The molecule has 268 valence electrons. The standard InChI is InChI=1S/C42H42BrN3O5S/c1-31-16-26-39(27-17-31)52(49,50)46(36-22-24-38(25-23-36)51-37-14-6-3-7-15-37)30-41(47)45(29-33-18-20-34(43)21-19-33)40(28-32-10-4-2-5-11-32)42(48)44-35-12-8-9-13-35/h2-7,10-11,14-27,35,40H,8-9,12-13,28-30H2,1H3,(H,44,48)/t40-/m0/s1. The molecule has 0 saturated heterocycles. The maximum absolute atomic E-state index is 14.8. The van der Waals surface area contributed by atoms with E-state index in [9.17, 15) is 18.0 Å². The van der Waals surface area contributed by atoms with E-state index >= 15 is 0 Å². The van der Waals surface area contributed by atoms with Crippen LogP contribution in [0.4, 0.5) is 5.69 Å². The topological polar surface area (TPSA) is 96.0 Å². The van der Waals surface area contributed by atoms with E-state index in [1.54, 1.807) is 48.5 Å². The maximum atomic E-state index is 14.8. The minimum atomic E-state index is -4.23. The van der Waals surface area contributed by atoms with Gasteiger partial charge in [-0.3, -0.25) is 13.9 Å². The van der Waals surface area contributed by atoms with Crippen LogP contribution >= 0.6 is 15.9 Å². The minimum absolute atomic E-state index is 0.0328. The average Bonchev–Trinajstić information content (AvgIpc) is 3.67. The van der Waals surface area contributed by atoms with Crippen LogP contribution in [0.25, 0.3) is 0 Å². The predicted octanol–water partition coefficient (Wildman–Crippen LogP) is 8.44. The lowest BCUT2D eigenvalue weighted by atomic mass is 10.0. The van der Waals surface area contributed by atoms with Crippen molar-refractivity contribution >= 4 is 43.5 Å². The van der Waals surface area contributed by atoms with Crippen molar-refractivity contribution in [1.29, 1.82) is 0 Å². The summed E-state index contributed by atoms with van der Waals surface area (Å²) in [4.78, 5) is 30.6. The van der Waals surface area contributed by atoms with E-state index in [1.807, 2.05) is 91.9 Å². The normalized spacial score (nSPS) is 13.7. The van der Waals surface area contributed by atoms with Gasteiger partial charge < -0.3 is 15.0 Å². The third kappa shape index (κ3) is 9.48. The molecule has 0 unspecified atom stereocenters. The summed E-state index contributed by atoms with van der Waals surface area (Å²) < 4.78 is 36.8. The summed E-state index contributed by atoms with van der Waals surface area (Å²) in [6.07, 6.45) is 4.11. The van der Waals surface area contributed by atoms with Crippen molar-refractivity contribution in [1.82, 2.24) is 10.2 Å². The zero-order valence-corrected chi connectivity index (χ0v) is 31.4. The molecule has 5 aromatic rings. The van der Waals surface area contributed by atoms with Crippen LogP contribution in [0.15, 0.2) is 143 Å². The molecule has 1 saturated carbocycles. The molecular formula is C42H42BrN3O5S. The molecule has 8 nitrogen and oxygen atoms in total. The molecule has 1 fully saturated rings. The van der Waals surface area contributed by atoms with Crippen molar-refractivity contribution < 1.29 is 22.7 Å². The molecule has 1 aliphatic carbocycles. The van der Waals surface area contributed by atoms with Crippen molar-refractivity contribution in [2.75, 3.05) is 10.8 Å². The van der Waals surface area contributed by atoms with Gasteiger partial charge in [0, 0.05) is 23.5 Å². The fourth-order valence-corrected chi connectivity index (χ4v) is 8.06. The van der Waals surface area contributed by atoms with E-state index in [0.29, 0.717) is 11.5 Å². The number of hydrogen-bond acceptors (Lipinski definition) is 5. The lowest BCUT2D eigenvalue weighted by Crippen LogP contribution is -2.54. The number of ether oxygens (including phenoxy) is 1. The van der Waals surface area contributed by atoms with Gasteiger partial charge in [0.05, 0.1) is 10.6 Å². The first-order valence-electron chi connectivity index (χ1n) is 17.5. The third-order valence-corrected chi connectivity index (χ3v) is 11.5. The molecular weight excluding hydrogens is 738 g/mol. The molecule has 1 atom stereocenters. The number of benzene rings is 5. The van der Waals surface area contributed by atoms with Gasteiger partial charge in [0.1, 0.15) is 24.1 Å². The van der Waals surface area contributed by atoms with Gasteiger partial charge in [-0.1, -0.05) is 107 Å². The van der Waals surface area contributed by atoms with E-state index < -0.39 is 28.5 Å². The summed E-state index contributed by atoms with van der Waals surface area (Å²) in [5, 5.41) is 3.22. The Kier molecular flexibility index (Phi) is 12.1. The summed E-state index contributed by atoms with van der Waals surface area (Å²) in [7, 11) is -4.23. The fourth-order valence-electron chi connectivity index (χ4n) is 6.38. The Morgan fingerprint density at radius 1 is 0.769 bits per heavy atom. The number of nitrogens with zero attached hydrogens (tertiary/aromatic N) is 2. The van der Waals surface area contributed by atoms with Gasteiger partial charge in [0.25, 0.3) is 10.0 Å². The lowest BCUT2D eigenvalue weighted by molar-refractivity contribution is -0.140. The number of sulfonamides is 1. The number of nitrogens with one attached hydrogen (secondary N) is 1. The van der Waals surface area contributed by atoms with Crippen LogP contribution in [0, 0.1) is 6.92 Å². The first-order valence-corrected chi connectivity index (χ1v) is 19.7. The Morgan fingerprint density at radius 2 is 1.37 bits per heavy atom. The highest BCUT2D eigenvalue weighted by Gasteiger charge is 2.35. The van der Waals surface area contributed by atoms with Gasteiger partial charge in [-0.2, -0.15) is 0 Å². The van der Waals surface area contributed by atoms with Gasteiger partial charge in [-0.05, 0) is 91.6 Å². The van der Waals surface area contributed by atoms with E-state index in [1.165, 1.54) is 4.90 Å². The minimum Gasteiger partial charge on any atom is -0.457 e. The molecule has 6 rings (SSSR count). The Balaban J connectivity index is 1.38. The van der Waals surface area contributed by atoms with Crippen LogP contribution < -0.4 is 14.4 Å². The molecule has 2 amide bonds. The highest BCUT2D eigenvalue weighted by atomic mass is 79.9. The molecule has 1 N–H and O–H groups in total. The number of carbonyl (C=O) groups excluding carboxylic acids is 2. The quantitative estimate of drug-likeness (QED) is 0.122. The Labute approximate surface area is 314 Å². The zero-order valence-electron chi connectivity index (χ0n) is 29.0. The fraction of sp³-hybridized carbons (Fsp3) is 0.238. The number of amides is 2. The molecule has 52 heavy (non-hydrogen) atoms. The highest BCUT2D eigenvalue weighted by molar-refractivity contribution is 9.10. The number of carbonyl (C=O) groups is 2. The van der Waals surface area contributed by atoms with Crippen molar-refractivity contribution in [3.63, 3.8) is 0 Å². The van der Waals surface area contributed by atoms with Crippen molar-refractivity contribution in [3.8, 4) is 11.5 Å². The molecule has 1 aliphatic rings. The predicted molar refractivity (Wildman–Crippen MR) is 208 cm³/mol. The number of para-hydroxylation sites is 1. The average molecular weight is 781 g/mol. The largest absolute Gasteiger partial charge is 0.457 e. The van der Waals surface area contributed by atoms with Crippen molar-refractivity contribution in [2.45, 2.75) is 62.6 Å². The van der Waals surface area contributed by atoms with Crippen LogP contribution in [0.5, 0.6) is 11.5 Å².